The number of fused-ring (bicyclic) bond motifs is 7. The van der Waals surface area contributed by atoms with Crippen LogP contribution in [0.3, 0.4) is 0 Å². The van der Waals surface area contributed by atoms with Crippen LogP contribution >= 0.6 is 0 Å². The molecular formula is C34H27N3O. The molecule has 4 atom stereocenters. The first-order valence-corrected chi connectivity index (χ1v) is 13.3. The number of nitrogens with one attached hydrogen (secondary N) is 2. The van der Waals surface area contributed by atoms with Gasteiger partial charge in [0.1, 0.15) is 18.0 Å². The SMILES string of the molecule is C1=CNC(C2=CC=CC(N3c4cc5c(cc4C=Cc4ccc6ccccc6c43)OC3C=CC=CC53)N2)C=C1. The fraction of sp³-hybridized carbons (Fsp3) is 0.118. The minimum Gasteiger partial charge on any atom is -0.485 e. The summed E-state index contributed by atoms with van der Waals surface area (Å²) < 4.78 is 6.39. The molecule has 0 amide bonds. The van der Waals surface area contributed by atoms with Crippen molar-refractivity contribution in [3.05, 3.63) is 138 Å². The normalized spacial score (nSPS) is 25.5. The van der Waals surface area contributed by atoms with Crippen LogP contribution in [-0.2, 0) is 0 Å². The molecule has 4 aliphatic heterocycles. The molecule has 3 aromatic rings. The third kappa shape index (κ3) is 3.30. The van der Waals surface area contributed by atoms with Gasteiger partial charge in [-0.2, -0.15) is 0 Å². The maximum absolute atomic E-state index is 6.39. The van der Waals surface area contributed by atoms with E-state index in [4.69, 9.17) is 4.74 Å². The number of hydrogen-bond donors (Lipinski definition) is 2. The first kappa shape index (κ1) is 21.4. The van der Waals surface area contributed by atoms with Crippen molar-refractivity contribution in [2.24, 2.45) is 0 Å². The Morgan fingerprint density at radius 1 is 0.789 bits per heavy atom. The predicted molar refractivity (Wildman–Crippen MR) is 156 cm³/mol. The lowest BCUT2D eigenvalue weighted by Crippen LogP contribution is -2.47. The van der Waals surface area contributed by atoms with Crippen LogP contribution < -0.4 is 20.3 Å². The average molecular weight is 494 g/mol. The molecular weight excluding hydrogens is 466 g/mol. The molecule has 3 aromatic carbocycles. The number of nitrogens with zero attached hydrogens (tertiary/aromatic N) is 1. The zero-order valence-corrected chi connectivity index (χ0v) is 20.8. The largest absolute Gasteiger partial charge is 0.485 e. The van der Waals surface area contributed by atoms with Crippen LogP contribution in [0, 0.1) is 0 Å². The van der Waals surface area contributed by atoms with Gasteiger partial charge in [-0.15, -0.1) is 0 Å². The summed E-state index contributed by atoms with van der Waals surface area (Å²) in [6, 6.07) is 17.8. The lowest BCUT2D eigenvalue weighted by molar-refractivity contribution is 0.269. The highest BCUT2D eigenvalue weighted by Crippen LogP contribution is 2.49. The second kappa shape index (κ2) is 8.42. The van der Waals surface area contributed by atoms with E-state index < -0.39 is 0 Å². The third-order valence-electron chi connectivity index (χ3n) is 8.02. The fourth-order valence-electron chi connectivity index (χ4n) is 6.21. The minimum atomic E-state index is -0.0720. The molecule has 0 bridgehead atoms. The number of benzene rings is 3. The van der Waals surface area contributed by atoms with Gasteiger partial charge in [-0.1, -0.05) is 85.0 Å². The molecule has 0 saturated heterocycles. The molecule has 1 aliphatic carbocycles. The zero-order valence-electron chi connectivity index (χ0n) is 20.8. The second-order valence-corrected chi connectivity index (χ2v) is 10.2. The van der Waals surface area contributed by atoms with Gasteiger partial charge in [0.15, 0.2) is 0 Å². The maximum atomic E-state index is 6.39. The second-order valence-electron chi connectivity index (χ2n) is 10.2. The van der Waals surface area contributed by atoms with E-state index >= 15 is 0 Å². The van der Waals surface area contributed by atoms with Crippen LogP contribution in [0.1, 0.15) is 22.6 Å². The maximum Gasteiger partial charge on any atom is 0.128 e. The van der Waals surface area contributed by atoms with E-state index in [-0.39, 0.29) is 24.2 Å². The highest BCUT2D eigenvalue weighted by Gasteiger charge is 2.35. The van der Waals surface area contributed by atoms with E-state index in [9.17, 15) is 0 Å². The van der Waals surface area contributed by atoms with Crippen molar-refractivity contribution in [1.29, 1.82) is 0 Å². The van der Waals surface area contributed by atoms with Crippen molar-refractivity contribution in [2.45, 2.75) is 24.2 Å². The van der Waals surface area contributed by atoms with E-state index in [1.54, 1.807) is 0 Å². The molecule has 4 heteroatoms. The molecule has 0 aromatic heterocycles. The molecule has 4 heterocycles. The van der Waals surface area contributed by atoms with Crippen molar-refractivity contribution in [2.75, 3.05) is 4.90 Å². The molecule has 184 valence electrons. The number of anilines is 2. The Kier molecular flexibility index (Phi) is 4.74. The summed E-state index contributed by atoms with van der Waals surface area (Å²) in [6.07, 6.45) is 28.0. The molecule has 0 spiro atoms. The predicted octanol–water partition coefficient (Wildman–Crippen LogP) is 6.84. The van der Waals surface area contributed by atoms with Gasteiger partial charge in [-0.3, -0.25) is 0 Å². The Morgan fingerprint density at radius 3 is 2.63 bits per heavy atom. The van der Waals surface area contributed by atoms with Gasteiger partial charge < -0.3 is 20.3 Å². The topological polar surface area (TPSA) is 36.5 Å². The molecule has 38 heavy (non-hydrogen) atoms. The molecule has 0 fully saturated rings. The summed E-state index contributed by atoms with van der Waals surface area (Å²) in [6.45, 7) is 0. The van der Waals surface area contributed by atoms with E-state index in [0.29, 0.717) is 0 Å². The van der Waals surface area contributed by atoms with Crippen LogP contribution in [0.15, 0.2) is 121 Å². The average Bonchev–Trinajstić information content (AvgIpc) is 3.25. The quantitative estimate of drug-likeness (QED) is 0.410. The van der Waals surface area contributed by atoms with E-state index in [2.05, 4.69) is 131 Å². The molecule has 8 rings (SSSR count). The minimum absolute atomic E-state index is 0.0611. The van der Waals surface area contributed by atoms with Crippen LogP contribution in [0.4, 0.5) is 11.4 Å². The summed E-state index contributed by atoms with van der Waals surface area (Å²) in [5.74, 6) is 1.21. The Labute approximate surface area is 222 Å². The van der Waals surface area contributed by atoms with E-state index in [1.807, 2.05) is 12.3 Å². The van der Waals surface area contributed by atoms with Crippen molar-refractivity contribution in [1.82, 2.24) is 10.6 Å². The standard InChI is InChI=1S/C34H27N3O/c1-2-9-25-22(8-1)15-16-23-17-18-24-20-32-27(26-10-3-4-13-31(26)38-32)21-30(24)37(34(23)25)33-14-7-12-29(36-33)28-11-5-6-19-35-28/h1-21,26,28,31,33,35-36H. The van der Waals surface area contributed by atoms with Gasteiger partial charge in [0.05, 0.1) is 17.4 Å². The van der Waals surface area contributed by atoms with Crippen molar-refractivity contribution in [3.8, 4) is 5.75 Å². The van der Waals surface area contributed by atoms with Crippen molar-refractivity contribution >= 4 is 34.3 Å². The van der Waals surface area contributed by atoms with Gasteiger partial charge in [0, 0.05) is 28.1 Å². The highest BCUT2D eigenvalue weighted by molar-refractivity contribution is 6.04. The molecule has 4 nitrogen and oxygen atoms in total. The fourth-order valence-corrected chi connectivity index (χ4v) is 6.21. The summed E-state index contributed by atoms with van der Waals surface area (Å²) in [4.78, 5) is 2.48. The summed E-state index contributed by atoms with van der Waals surface area (Å²) in [7, 11) is 0. The van der Waals surface area contributed by atoms with E-state index in [1.165, 1.54) is 33.3 Å². The molecule has 2 N–H and O–H groups in total. The smallest absolute Gasteiger partial charge is 0.128 e. The zero-order chi connectivity index (χ0) is 25.1. The van der Waals surface area contributed by atoms with Gasteiger partial charge >= 0.3 is 0 Å². The van der Waals surface area contributed by atoms with Gasteiger partial charge in [0.2, 0.25) is 0 Å². The molecule has 4 unspecified atom stereocenters. The molecule has 0 saturated carbocycles. The van der Waals surface area contributed by atoms with Gasteiger partial charge in [-0.25, -0.2) is 0 Å². The first-order valence-electron chi connectivity index (χ1n) is 13.3. The Morgan fingerprint density at radius 2 is 1.68 bits per heavy atom. The lowest BCUT2D eigenvalue weighted by Gasteiger charge is -2.38. The highest BCUT2D eigenvalue weighted by atomic mass is 16.5. The molecule has 0 radical (unpaired) electrons. The van der Waals surface area contributed by atoms with Crippen LogP contribution in [-0.4, -0.2) is 18.3 Å². The third-order valence-corrected chi connectivity index (χ3v) is 8.02. The number of allylic oxidation sites excluding steroid dienone is 6. The first-order chi connectivity index (χ1) is 18.8. The molecule has 5 aliphatic rings. The number of ether oxygens (including phenoxy) is 1. The van der Waals surface area contributed by atoms with Crippen molar-refractivity contribution < 1.29 is 4.74 Å². The van der Waals surface area contributed by atoms with Crippen LogP contribution in [0.5, 0.6) is 5.75 Å². The van der Waals surface area contributed by atoms with Crippen molar-refractivity contribution in [3.63, 3.8) is 0 Å². The number of dihydropyridines is 2. The number of hydrogen-bond acceptors (Lipinski definition) is 4. The van der Waals surface area contributed by atoms with E-state index in [0.717, 1.165) is 17.0 Å². The van der Waals surface area contributed by atoms with Crippen LogP contribution in [0.2, 0.25) is 0 Å². The number of rotatable bonds is 2. The Hall–Kier alpha value is -4.70. The summed E-state index contributed by atoms with van der Waals surface area (Å²) >= 11 is 0. The monoisotopic (exact) mass is 493 g/mol. The van der Waals surface area contributed by atoms with Crippen LogP contribution in [0.25, 0.3) is 22.9 Å². The van der Waals surface area contributed by atoms with Gasteiger partial charge in [-0.05, 0) is 53.6 Å². The summed E-state index contributed by atoms with van der Waals surface area (Å²) in [5, 5.41) is 9.79. The Bertz CT molecular complexity index is 1690. The van der Waals surface area contributed by atoms with Gasteiger partial charge in [0.25, 0.3) is 0 Å². The lowest BCUT2D eigenvalue weighted by atomic mass is 9.90. The summed E-state index contributed by atoms with van der Waals surface area (Å²) in [5.41, 5.74) is 7.13. The Balaban J connectivity index is 1.31.